The molecule has 2 N–H and O–H groups in total. The molecule has 0 aliphatic carbocycles. The standard InChI is InChI=1S/C17H10Cl2FN3O3/c18-9-1-4-11(5-2-9)23-16(25)12(8-21-17(23)26)15(24)22-10-3-6-14(20)13(19)7-10/h1-8H,(H,21,26)(H,22,24). The summed E-state index contributed by atoms with van der Waals surface area (Å²) < 4.78 is 14.0. The average Bonchev–Trinajstić information content (AvgIpc) is 2.60. The summed E-state index contributed by atoms with van der Waals surface area (Å²) in [4.78, 5) is 39.3. The van der Waals surface area contributed by atoms with Gasteiger partial charge in [0.2, 0.25) is 0 Å². The lowest BCUT2D eigenvalue weighted by atomic mass is 10.2. The molecule has 0 saturated heterocycles. The number of hydrogen-bond donors (Lipinski definition) is 2. The largest absolute Gasteiger partial charge is 0.333 e. The molecular formula is C17H10Cl2FN3O3. The minimum atomic E-state index is -0.818. The summed E-state index contributed by atoms with van der Waals surface area (Å²) in [5.41, 5.74) is -1.38. The van der Waals surface area contributed by atoms with Gasteiger partial charge in [-0.25, -0.2) is 13.8 Å². The first-order valence-electron chi connectivity index (χ1n) is 7.24. The van der Waals surface area contributed by atoms with Crippen LogP contribution in [0, 0.1) is 5.82 Å². The number of nitrogens with zero attached hydrogens (tertiary/aromatic N) is 1. The Morgan fingerprint density at radius 3 is 2.42 bits per heavy atom. The van der Waals surface area contributed by atoms with Crippen molar-refractivity contribution in [2.75, 3.05) is 5.32 Å². The van der Waals surface area contributed by atoms with Crippen LogP contribution in [0.4, 0.5) is 10.1 Å². The Balaban J connectivity index is 2.00. The van der Waals surface area contributed by atoms with Gasteiger partial charge in [-0.15, -0.1) is 0 Å². The van der Waals surface area contributed by atoms with E-state index in [1.165, 1.54) is 36.4 Å². The van der Waals surface area contributed by atoms with Crippen LogP contribution in [0.15, 0.2) is 58.3 Å². The molecule has 0 bridgehead atoms. The van der Waals surface area contributed by atoms with Gasteiger partial charge in [-0.05, 0) is 42.5 Å². The van der Waals surface area contributed by atoms with E-state index in [4.69, 9.17) is 23.2 Å². The first-order chi connectivity index (χ1) is 12.4. The monoisotopic (exact) mass is 393 g/mol. The lowest BCUT2D eigenvalue weighted by Gasteiger charge is -2.08. The van der Waals surface area contributed by atoms with Crippen LogP contribution in [0.1, 0.15) is 10.4 Å². The molecule has 0 aliphatic heterocycles. The molecule has 1 aromatic heterocycles. The Kier molecular flexibility index (Phi) is 4.92. The van der Waals surface area contributed by atoms with E-state index in [1.807, 2.05) is 0 Å². The second-order valence-electron chi connectivity index (χ2n) is 5.21. The number of carbonyl (C=O) groups excluding carboxylic acids is 1. The van der Waals surface area contributed by atoms with Crippen molar-refractivity contribution in [3.05, 3.63) is 90.9 Å². The minimum Gasteiger partial charge on any atom is -0.322 e. The van der Waals surface area contributed by atoms with E-state index in [2.05, 4.69) is 10.3 Å². The first-order valence-corrected chi connectivity index (χ1v) is 7.99. The van der Waals surface area contributed by atoms with E-state index in [0.29, 0.717) is 5.02 Å². The number of anilines is 1. The second-order valence-corrected chi connectivity index (χ2v) is 6.05. The molecule has 3 aromatic rings. The molecule has 2 aromatic carbocycles. The van der Waals surface area contributed by atoms with Crippen LogP contribution in [0.2, 0.25) is 10.0 Å². The fraction of sp³-hybridized carbons (Fsp3) is 0. The third-order valence-corrected chi connectivity index (χ3v) is 4.03. The smallest absolute Gasteiger partial charge is 0.322 e. The van der Waals surface area contributed by atoms with Gasteiger partial charge >= 0.3 is 5.69 Å². The molecule has 0 aliphatic rings. The zero-order chi connectivity index (χ0) is 18.8. The van der Waals surface area contributed by atoms with E-state index < -0.39 is 23.0 Å². The number of H-pyrrole nitrogens is 1. The van der Waals surface area contributed by atoms with Gasteiger partial charge in [-0.1, -0.05) is 23.2 Å². The Morgan fingerprint density at radius 2 is 1.77 bits per heavy atom. The summed E-state index contributed by atoms with van der Waals surface area (Å²) in [6, 6.07) is 9.55. The zero-order valence-electron chi connectivity index (χ0n) is 12.9. The molecule has 9 heteroatoms. The van der Waals surface area contributed by atoms with Gasteiger partial charge in [0.25, 0.3) is 11.5 Å². The Hall–Kier alpha value is -2.90. The summed E-state index contributed by atoms with van der Waals surface area (Å²) in [7, 11) is 0. The van der Waals surface area contributed by atoms with E-state index >= 15 is 0 Å². The summed E-state index contributed by atoms with van der Waals surface area (Å²) >= 11 is 11.5. The highest BCUT2D eigenvalue weighted by atomic mass is 35.5. The quantitative estimate of drug-likeness (QED) is 0.716. The van der Waals surface area contributed by atoms with Gasteiger partial charge in [0.15, 0.2) is 0 Å². The van der Waals surface area contributed by atoms with Gasteiger partial charge < -0.3 is 10.3 Å². The number of aromatic nitrogens is 2. The molecule has 0 saturated carbocycles. The highest BCUT2D eigenvalue weighted by Crippen LogP contribution is 2.19. The van der Waals surface area contributed by atoms with Gasteiger partial charge in [0, 0.05) is 16.9 Å². The van der Waals surface area contributed by atoms with Crippen LogP contribution < -0.4 is 16.6 Å². The van der Waals surface area contributed by atoms with E-state index in [1.54, 1.807) is 0 Å². The lowest BCUT2D eigenvalue weighted by molar-refractivity contribution is 0.102. The summed E-state index contributed by atoms with van der Waals surface area (Å²) in [5, 5.41) is 2.68. The average molecular weight is 394 g/mol. The molecule has 1 heterocycles. The summed E-state index contributed by atoms with van der Waals surface area (Å²) in [6.45, 7) is 0. The minimum absolute atomic E-state index is 0.178. The maximum atomic E-state index is 13.2. The number of hydrogen-bond acceptors (Lipinski definition) is 3. The molecule has 3 rings (SSSR count). The molecule has 0 radical (unpaired) electrons. The number of rotatable bonds is 3. The molecule has 0 atom stereocenters. The van der Waals surface area contributed by atoms with Gasteiger partial charge in [0.1, 0.15) is 11.4 Å². The topological polar surface area (TPSA) is 84.0 Å². The molecule has 132 valence electrons. The highest BCUT2D eigenvalue weighted by Gasteiger charge is 2.16. The lowest BCUT2D eigenvalue weighted by Crippen LogP contribution is -2.38. The van der Waals surface area contributed by atoms with Crippen LogP contribution in [-0.2, 0) is 0 Å². The van der Waals surface area contributed by atoms with Crippen LogP contribution in [0.3, 0.4) is 0 Å². The van der Waals surface area contributed by atoms with Crippen molar-refractivity contribution in [1.82, 2.24) is 9.55 Å². The van der Waals surface area contributed by atoms with Crippen molar-refractivity contribution in [1.29, 1.82) is 0 Å². The Bertz CT molecular complexity index is 1110. The Morgan fingerprint density at radius 1 is 1.08 bits per heavy atom. The SMILES string of the molecule is O=C(Nc1ccc(F)c(Cl)c1)c1c[nH]c(=O)n(-c2ccc(Cl)cc2)c1=O. The second kappa shape index (κ2) is 7.15. The summed E-state index contributed by atoms with van der Waals surface area (Å²) in [6.07, 6.45) is 1.01. The molecule has 0 unspecified atom stereocenters. The fourth-order valence-electron chi connectivity index (χ4n) is 2.23. The molecule has 26 heavy (non-hydrogen) atoms. The highest BCUT2D eigenvalue weighted by molar-refractivity contribution is 6.31. The number of aromatic amines is 1. The van der Waals surface area contributed by atoms with Crippen molar-refractivity contribution in [3.63, 3.8) is 0 Å². The van der Waals surface area contributed by atoms with Crippen LogP contribution in [0.25, 0.3) is 5.69 Å². The third-order valence-electron chi connectivity index (χ3n) is 3.48. The van der Waals surface area contributed by atoms with Crippen molar-refractivity contribution < 1.29 is 9.18 Å². The molecule has 6 nitrogen and oxygen atoms in total. The van der Waals surface area contributed by atoms with Crippen molar-refractivity contribution in [2.24, 2.45) is 0 Å². The molecule has 0 fully saturated rings. The number of amides is 1. The number of nitrogens with one attached hydrogen (secondary N) is 2. The van der Waals surface area contributed by atoms with E-state index in [0.717, 1.165) is 16.8 Å². The van der Waals surface area contributed by atoms with Gasteiger partial charge in [-0.2, -0.15) is 0 Å². The zero-order valence-corrected chi connectivity index (χ0v) is 14.4. The molecule has 0 spiro atoms. The normalized spacial score (nSPS) is 10.6. The van der Waals surface area contributed by atoms with Gasteiger partial charge in [0.05, 0.1) is 10.7 Å². The number of carbonyl (C=O) groups is 1. The first kappa shape index (κ1) is 17.9. The van der Waals surface area contributed by atoms with E-state index in [-0.39, 0.29) is 22.0 Å². The van der Waals surface area contributed by atoms with Crippen LogP contribution in [0.5, 0.6) is 0 Å². The molecular weight excluding hydrogens is 384 g/mol. The maximum Gasteiger partial charge on any atom is 0.333 e. The maximum absolute atomic E-state index is 13.2. The van der Waals surface area contributed by atoms with Crippen molar-refractivity contribution in [2.45, 2.75) is 0 Å². The van der Waals surface area contributed by atoms with Crippen molar-refractivity contribution >= 4 is 34.8 Å². The fourth-order valence-corrected chi connectivity index (χ4v) is 2.54. The molecule has 1 amide bonds. The van der Waals surface area contributed by atoms with Gasteiger partial charge in [-0.3, -0.25) is 9.59 Å². The predicted octanol–water partition coefficient (Wildman–Crippen LogP) is 3.22. The van der Waals surface area contributed by atoms with Crippen LogP contribution >= 0.6 is 23.2 Å². The van der Waals surface area contributed by atoms with Crippen molar-refractivity contribution in [3.8, 4) is 5.69 Å². The predicted molar refractivity (Wildman–Crippen MR) is 97.0 cm³/mol. The number of halogens is 3. The van der Waals surface area contributed by atoms with E-state index in [9.17, 15) is 18.8 Å². The Labute approximate surface area is 155 Å². The summed E-state index contributed by atoms with van der Waals surface area (Å²) in [5.74, 6) is -1.42. The third kappa shape index (κ3) is 3.54. The van der Waals surface area contributed by atoms with Crippen LogP contribution in [-0.4, -0.2) is 15.5 Å². The number of benzene rings is 2.